The van der Waals surface area contributed by atoms with E-state index >= 15 is 0 Å². The van der Waals surface area contributed by atoms with Gasteiger partial charge in [-0.1, -0.05) is 12.2 Å². The number of alkyl halides is 3. The highest BCUT2D eigenvalue weighted by atomic mass is 32.1. The van der Waals surface area contributed by atoms with Gasteiger partial charge in [0.05, 0.1) is 4.99 Å². The van der Waals surface area contributed by atoms with E-state index in [9.17, 15) is 18.0 Å². The fraction of sp³-hybridized carbons (Fsp3) is 0.818. The van der Waals surface area contributed by atoms with Crippen molar-refractivity contribution in [2.24, 2.45) is 17.6 Å². The van der Waals surface area contributed by atoms with Gasteiger partial charge in [-0.25, -0.2) is 0 Å². The van der Waals surface area contributed by atoms with Crippen LogP contribution in [-0.2, 0) is 4.79 Å². The first-order valence-corrected chi connectivity index (χ1v) is 6.46. The highest BCUT2D eigenvalue weighted by Gasteiger charge is 2.43. The van der Waals surface area contributed by atoms with Crippen molar-refractivity contribution in [1.29, 1.82) is 0 Å². The number of carbonyl (C=O) groups is 1. The summed E-state index contributed by atoms with van der Waals surface area (Å²) < 4.78 is 38.2. The molecule has 1 aliphatic heterocycles. The fourth-order valence-corrected chi connectivity index (χ4v) is 2.40. The van der Waals surface area contributed by atoms with Gasteiger partial charge in [0.15, 0.2) is 0 Å². The first-order valence-electron chi connectivity index (χ1n) is 6.05. The van der Waals surface area contributed by atoms with Crippen LogP contribution in [0.4, 0.5) is 13.2 Å². The molecule has 4 nitrogen and oxygen atoms in total. The van der Waals surface area contributed by atoms with Crippen molar-refractivity contribution < 1.29 is 18.0 Å². The first kappa shape index (κ1) is 16.2. The molecule has 1 amide bonds. The maximum atomic E-state index is 12.7. The summed E-state index contributed by atoms with van der Waals surface area (Å²) in [6.07, 6.45) is -3.30. The lowest BCUT2D eigenvalue weighted by molar-refractivity contribution is -0.160. The molecule has 1 aliphatic rings. The number of halogens is 3. The molecule has 3 N–H and O–H groups in total. The van der Waals surface area contributed by atoms with Gasteiger partial charge in [0.1, 0.15) is 5.92 Å². The normalized spacial score (nSPS) is 20.0. The van der Waals surface area contributed by atoms with Crippen LogP contribution in [0.15, 0.2) is 0 Å². The molecule has 1 fully saturated rings. The monoisotopic (exact) mass is 297 g/mol. The van der Waals surface area contributed by atoms with Gasteiger partial charge in [0, 0.05) is 19.5 Å². The van der Waals surface area contributed by atoms with Gasteiger partial charge in [-0.2, -0.15) is 13.2 Å². The molecular formula is C11H18F3N3OS. The number of likely N-dealkylation sites (tertiary alicyclic amines) is 1. The van der Waals surface area contributed by atoms with Crippen LogP contribution in [0.1, 0.15) is 12.8 Å². The maximum absolute atomic E-state index is 12.7. The van der Waals surface area contributed by atoms with Crippen LogP contribution in [-0.4, -0.2) is 48.7 Å². The number of nitrogens with zero attached hydrogens (tertiary/aromatic N) is 1. The molecule has 0 bridgehead atoms. The van der Waals surface area contributed by atoms with Crippen LogP contribution >= 0.6 is 12.2 Å². The number of nitrogens with one attached hydrogen (secondary N) is 1. The third-order valence-electron chi connectivity index (χ3n) is 3.38. The van der Waals surface area contributed by atoms with Gasteiger partial charge in [-0.15, -0.1) is 0 Å². The summed E-state index contributed by atoms with van der Waals surface area (Å²) in [6.45, 7) is 0.680. The van der Waals surface area contributed by atoms with E-state index in [1.54, 1.807) is 11.9 Å². The van der Waals surface area contributed by atoms with Crippen molar-refractivity contribution in [3.8, 4) is 0 Å². The van der Waals surface area contributed by atoms with Crippen molar-refractivity contribution in [3.63, 3.8) is 0 Å². The molecule has 110 valence electrons. The smallest absolute Gasteiger partial charge is 0.393 e. The minimum Gasteiger partial charge on any atom is -0.393 e. The standard InChI is InChI=1S/C11H18F3N3OS/c1-16-10(18)7-2-4-17(5-3-7)6-8(9(15)19)11(12,13)14/h7-8H,2-6H2,1H3,(H2,15,19)(H,16,18). The Bertz CT molecular complexity index is 341. The topological polar surface area (TPSA) is 58.4 Å². The molecule has 0 aliphatic carbocycles. The van der Waals surface area contributed by atoms with Crippen molar-refractivity contribution in [2.45, 2.75) is 19.0 Å². The van der Waals surface area contributed by atoms with Crippen molar-refractivity contribution >= 4 is 23.1 Å². The van der Waals surface area contributed by atoms with Crippen molar-refractivity contribution in [3.05, 3.63) is 0 Å². The molecule has 1 rings (SSSR count). The summed E-state index contributed by atoms with van der Waals surface area (Å²) in [5.41, 5.74) is 5.16. The zero-order valence-electron chi connectivity index (χ0n) is 10.7. The Morgan fingerprint density at radius 3 is 2.37 bits per heavy atom. The van der Waals surface area contributed by atoms with Gasteiger partial charge in [-0.05, 0) is 25.9 Å². The largest absolute Gasteiger partial charge is 0.399 e. The van der Waals surface area contributed by atoms with Crippen molar-refractivity contribution in [1.82, 2.24) is 10.2 Å². The van der Waals surface area contributed by atoms with Crippen LogP contribution in [0, 0.1) is 11.8 Å². The van der Waals surface area contributed by atoms with E-state index in [-0.39, 0.29) is 18.4 Å². The van der Waals surface area contributed by atoms with Crippen molar-refractivity contribution in [2.75, 3.05) is 26.7 Å². The predicted octanol–water partition coefficient (Wildman–Crippen LogP) is 0.909. The predicted molar refractivity (Wildman–Crippen MR) is 69.6 cm³/mol. The molecule has 0 aromatic carbocycles. The molecule has 1 unspecified atom stereocenters. The van der Waals surface area contributed by atoms with Crippen LogP contribution in [0.2, 0.25) is 0 Å². The number of hydrogen-bond acceptors (Lipinski definition) is 3. The second kappa shape index (κ2) is 6.51. The second-order valence-corrected chi connectivity index (χ2v) is 5.16. The zero-order chi connectivity index (χ0) is 14.6. The Balaban J connectivity index is 2.52. The molecule has 1 saturated heterocycles. The molecule has 0 radical (unpaired) electrons. The number of thiocarbonyl (C=S) groups is 1. The van der Waals surface area contributed by atoms with E-state index in [4.69, 9.17) is 5.73 Å². The second-order valence-electron chi connectivity index (χ2n) is 4.69. The first-order chi connectivity index (χ1) is 8.75. The molecule has 0 aromatic rings. The van der Waals surface area contributed by atoms with Gasteiger partial charge in [0.2, 0.25) is 5.91 Å². The van der Waals surface area contributed by atoms with E-state index < -0.39 is 17.1 Å². The average Bonchev–Trinajstić information content (AvgIpc) is 2.34. The summed E-state index contributed by atoms with van der Waals surface area (Å²) in [4.78, 5) is 12.5. The van der Waals surface area contributed by atoms with E-state index in [0.29, 0.717) is 25.9 Å². The fourth-order valence-electron chi connectivity index (χ4n) is 2.19. The van der Waals surface area contributed by atoms with E-state index in [1.807, 2.05) is 0 Å². The Kier molecular flexibility index (Phi) is 5.54. The molecule has 0 saturated carbocycles. The Morgan fingerprint density at radius 2 is 2.00 bits per heavy atom. The van der Waals surface area contributed by atoms with Gasteiger partial charge in [0.25, 0.3) is 0 Å². The Hall–Kier alpha value is -0.890. The van der Waals surface area contributed by atoms with E-state index in [2.05, 4.69) is 17.5 Å². The van der Waals surface area contributed by atoms with Crippen LogP contribution in [0.5, 0.6) is 0 Å². The zero-order valence-corrected chi connectivity index (χ0v) is 11.5. The minimum atomic E-state index is -4.41. The summed E-state index contributed by atoms with van der Waals surface area (Å²) >= 11 is 4.48. The molecule has 1 atom stereocenters. The van der Waals surface area contributed by atoms with Gasteiger partial charge >= 0.3 is 6.18 Å². The van der Waals surface area contributed by atoms with Gasteiger partial charge < -0.3 is 16.0 Å². The van der Waals surface area contributed by atoms with E-state index in [0.717, 1.165) is 0 Å². The number of amides is 1. The number of hydrogen-bond donors (Lipinski definition) is 2. The molecule has 1 heterocycles. The number of rotatable bonds is 4. The van der Waals surface area contributed by atoms with Crippen LogP contribution in [0.3, 0.4) is 0 Å². The lowest BCUT2D eigenvalue weighted by Crippen LogP contribution is -2.47. The Morgan fingerprint density at radius 1 is 1.47 bits per heavy atom. The highest BCUT2D eigenvalue weighted by Crippen LogP contribution is 2.28. The minimum absolute atomic E-state index is 0.0543. The highest BCUT2D eigenvalue weighted by molar-refractivity contribution is 7.80. The number of nitrogens with two attached hydrogens (primary N) is 1. The molecule has 19 heavy (non-hydrogen) atoms. The van der Waals surface area contributed by atoms with Crippen LogP contribution < -0.4 is 11.1 Å². The quantitative estimate of drug-likeness (QED) is 0.757. The summed E-state index contributed by atoms with van der Waals surface area (Å²) in [5.74, 6) is -1.95. The van der Waals surface area contributed by atoms with Gasteiger partial charge in [-0.3, -0.25) is 4.79 Å². The van der Waals surface area contributed by atoms with Crippen LogP contribution in [0.25, 0.3) is 0 Å². The third-order valence-corrected chi connectivity index (χ3v) is 3.67. The SMILES string of the molecule is CNC(=O)C1CCN(CC(C(N)=S)C(F)(F)F)CC1. The Labute approximate surface area is 115 Å². The number of piperidine rings is 1. The molecular weight excluding hydrogens is 279 g/mol. The summed E-state index contributed by atoms with van der Waals surface area (Å²) in [7, 11) is 1.56. The third kappa shape index (κ3) is 4.61. The summed E-state index contributed by atoms with van der Waals surface area (Å²) in [6, 6.07) is 0. The average molecular weight is 297 g/mol. The lowest BCUT2D eigenvalue weighted by atomic mass is 9.95. The number of carbonyl (C=O) groups excluding carboxylic acids is 1. The lowest BCUT2D eigenvalue weighted by Gasteiger charge is -2.33. The maximum Gasteiger partial charge on any atom is 0.399 e. The summed E-state index contributed by atoms with van der Waals surface area (Å²) in [5, 5.41) is 2.55. The molecule has 0 aromatic heterocycles. The molecule has 0 spiro atoms. The van der Waals surface area contributed by atoms with E-state index in [1.165, 1.54) is 0 Å². The molecule has 8 heteroatoms.